The standard InChI is InChI=1S/C14H14BrClFNS/c1-2-18-12(13-5-6-14(15)19-13)7-9-3-4-10(16)8-11(9)17/h3-6,8,12,18H,2,7H2,1H3. The molecular weight excluding hydrogens is 349 g/mol. The minimum atomic E-state index is -0.244. The van der Waals surface area contributed by atoms with Gasteiger partial charge in [0.25, 0.3) is 0 Å². The summed E-state index contributed by atoms with van der Waals surface area (Å²) in [5, 5.41) is 3.82. The largest absolute Gasteiger partial charge is 0.309 e. The first-order valence-electron chi connectivity index (χ1n) is 6.02. The highest BCUT2D eigenvalue weighted by Gasteiger charge is 2.15. The van der Waals surface area contributed by atoms with Crippen molar-refractivity contribution in [1.82, 2.24) is 5.32 Å². The van der Waals surface area contributed by atoms with Crippen LogP contribution in [0.5, 0.6) is 0 Å². The van der Waals surface area contributed by atoms with E-state index in [9.17, 15) is 4.39 Å². The lowest BCUT2D eigenvalue weighted by Crippen LogP contribution is -2.22. The second-order valence-corrected chi connectivity index (χ2v) is 7.12. The number of hydrogen-bond donors (Lipinski definition) is 1. The SMILES string of the molecule is CCNC(Cc1ccc(Cl)cc1F)c1ccc(Br)s1. The molecule has 1 unspecified atom stereocenters. The van der Waals surface area contributed by atoms with E-state index in [-0.39, 0.29) is 11.9 Å². The fourth-order valence-electron chi connectivity index (χ4n) is 1.94. The lowest BCUT2D eigenvalue weighted by Gasteiger charge is -2.17. The average Bonchev–Trinajstić information content (AvgIpc) is 2.78. The van der Waals surface area contributed by atoms with Crippen molar-refractivity contribution < 1.29 is 4.39 Å². The fourth-order valence-corrected chi connectivity index (χ4v) is 3.60. The lowest BCUT2D eigenvalue weighted by atomic mass is 10.0. The van der Waals surface area contributed by atoms with Gasteiger partial charge in [0.2, 0.25) is 0 Å². The normalized spacial score (nSPS) is 12.6. The Morgan fingerprint density at radius 3 is 2.74 bits per heavy atom. The molecule has 0 saturated heterocycles. The molecule has 102 valence electrons. The Hall–Kier alpha value is -0.420. The highest BCUT2D eigenvalue weighted by atomic mass is 79.9. The van der Waals surface area contributed by atoms with Crippen LogP contribution in [0.1, 0.15) is 23.4 Å². The zero-order valence-corrected chi connectivity index (χ0v) is 13.6. The molecule has 0 radical (unpaired) electrons. The zero-order valence-electron chi connectivity index (χ0n) is 10.4. The van der Waals surface area contributed by atoms with Gasteiger partial charge in [-0.1, -0.05) is 24.6 Å². The molecule has 1 nitrogen and oxygen atoms in total. The van der Waals surface area contributed by atoms with Crippen LogP contribution >= 0.6 is 38.9 Å². The van der Waals surface area contributed by atoms with Gasteiger partial charge in [-0.15, -0.1) is 11.3 Å². The summed E-state index contributed by atoms with van der Waals surface area (Å²) in [6, 6.07) is 9.05. The van der Waals surface area contributed by atoms with E-state index in [1.165, 1.54) is 10.9 Å². The van der Waals surface area contributed by atoms with Crippen molar-refractivity contribution in [3.63, 3.8) is 0 Å². The maximum absolute atomic E-state index is 13.9. The molecule has 0 amide bonds. The van der Waals surface area contributed by atoms with Gasteiger partial charge in [-0.25, -0.2) is 4.39 Å². The summed E-state index contributed by atoms with van der Waals surface area (Å²) in [6.07, 6.45) is 0.615. The average molecular weight is 363 g/mol. The summed E-state index contributed by atoms with van der Waals surface area (Å²) in [7, 11) is 0. The van der Waals surface area contributed by atoms with E-state index < -0.39 is 0 Å². The van der Waals surface area contributed by atoms with Gasteiger partial charge in [-0.05, 0) is 58.7 Å². The maximum Gasteiger partial charge on any atom is 0.127 e. The van der Waals surface area contributed by atoms with Gasteiger partial charge >= 0.3 is 0 Å². The summed E-state index contributed by atoms with van der Waals surface area (Å²) < 4.78 is 14.9. The maximum atomic E-state index is 13.9. The molecule has 19 heavy (non-hydrogen) atoms. The van der Waals surface area contributed by atoms with E-state index in [2.05, 4.69) is 27.3 Å². The Bertz CT molecular complexity index is 558. The molecule has 0 saturated carbocycles. The summed E-state index contributed by atoms with van der Waals surface area (Å²) in [5.41, 5.74) is 0.680. The predicted molar refractivity (Wildman–Crippen MR) is 83.6 cm³/mol. The second-order valence-electron chi connectivity index (χ2n) is 4.19. The summed E-state index contributed by atoms with van der Waals surface area (Å²) in [4.78, 5) is 1.20. The summed E-state index contributed by atoms with van der Waals surface area (Å²) in [6.45, 7) is 2.89. The number of benzene rings is 1. The van der Waals surface area contributed by atoms with Crippen LogP contribution in [0.2, 0.25) is 5.02 Å². The van der Waals surface area contributed by atoms with Crippen LogP contribution < -0.4 is 5.32 Å². The number of thiophene rings is 1. The van der Waals surface area contributed by atoms with E-state index in [1.807, 2.05) is 13.0 Å². The highest BCUT2D eigenvalue weighted by molar-refractivity contribution is 9.11. The van der Waals surface area contributed by atoms with Gasteiger partial charge in [0.15, 0.2) is 0 Å². The Labute approximate surface area is 129 Å². The molecule has 5 heteroatoms. The van der Waals surface area contributed by atoms with Gasteiger partial charge < -0.3 is 5.32 Å². The molecule has 1 N–H and O–H groups in total. The Balaban J connectivity index is 2.21. The number of halogens is 3. The first-order valence-corrected chi connectivity index (χ1v) is 8.01. The quantitative estimate of drug-likeness (QED) is 0.771. The van der Waals surface area contributed by atoms with Crippen molar-refractivity contribution in [2.75, 3.05) is 6.54 Å². The lowest BCUT2D eigenvalue weighted by molar-refractivity contribution is 0.534. The molecule has 0 fully saturated rings. The van der Waals surface area contributed by atoms with Crippen LogP contribution in [0.4, 0.5) is 4.39 Å². The van der Waals surface area contributed by atoms with Crippen molar-refractivity contribution in [3.8, 4) is 0 Å². The van der Waals surface area contributed by atoms with E-state index in [0.717, 1.165) is 10.3 Å². The minimum Gasteiger partial charge on any atom is -0.309 e. The first kappa shape index (κ1) is 15.0. The van der Waals surface area contributed by atoms with Gasteiger partial charge in [0.05, 0.1) is 3.79 Å². The van der Waals surface area contributed by atoms with Crippen LogP contribution in [0.15, 0.2) is 34.1 Å². The monoisotopic (exact) mass is 361 g/mol. The van der Waals surface area contributed by atoms with Gasteiger partial charge in [-0.3, -0.25) is 0 Å². The highest BCUT2D eigenvalue weighted by Crippen LogP contribution is 2.30. The molecule has 0 bridgehead atoms. The van der Waals surface area contributed by atoms with Crippen molar-refractivity contribution in [3.05, 3.63) is 55.4 Å². The predicted octanol–water partition coefficient (Wildman–Crippen LogP) is 5.20. The van der Waals surface area contributed by atoms with E-state index in [4.69, 9.17) is 11.6 Å². The molecule has 0 spiro atoms. The van der Waals surface area contributed by atoms with Gasteiger partial charge in [0, 0.05) is 15.9 Å². The zero-order chi connectivity index (χ0) is 13.8. The number of rotatable bonds is 5. The van der Waals surface area contributed by atoms with Crippen LogP contribution in [0, 0.1) is 5.82 Å². The van der Waals surface area contributed by atoms with Crippen molar-refractivity contribution in [1.29, 1.82) is 0 Å². The third-order valence-electron chi connectivity index (χ3n) is 2.83. The molecule has 1 heterocycles. The topological polar surface area (TPSA) is 12.0 Å². The summed E-state index contributed by atoms with van der Waals surface area (Å²) in [5.74, 6) is -0.244. The van der Waals surface area contributed by atoms with Crippen molar-refractivity contribution in [2.24, 2.45) is 0 Å². The molecule has 2 rings (SSSR count). The van der Waals surface area contributed by atoms with E-state index in [1.54, 1.807) is 23.5 Å². The second kappa shape index (κ2) is 6.84. The van der Waals surface area contributed by atoms with Crippen LogP contribution in [-0.2, 0) is 6.42 Å². The molecule has 1 aromatic heterocycles. The Morgan fingerprint density at radius 1 is 1.37 bits per heavy atom. The molecule has 0 aliphatic carbocycles. The minimum absolute atomic E-state index is 0.122. The van der Waals surface area contributed by atoms with Crippen LogP contribution in [-0.4, -0.2) is 6.54 Å². The summed E-state index contributed by atoms with van der Waals surface area (Å²) >= 11 is 10.9. The molecule has 2 aromatic rings. The Morgan fingerprint density at radius 2 is 2.16 bits per heavy atom. The van der Waals surface area contributed by atoms with Gasteiger partial charge in [0.1, 0.15) is 5.82 Å². The molecular formula is C14H14BrClFNS. The smallest absolute Gasteiger partial charge is 0.127 e. The van der Waals surface area contributed by atoms with Crippen LogP contribution in [0.3, 0.4) is 0 Å². The third-order valence-corrected chi connectivity index (χ3v) is 4.80. The Kier molecular flexibility index (Phi) is 5.39. The number of nitrogens with one attached hydrogen (secondary N) is 1. The van der Waals surface area contributed by atoms with Crippen LogP contribution in [0.25, 0.3) is 0 Å². The molecule has 0 aliphatic rings. The first-order chi connectivity index (χ1) is 9.10. The number of likely N-dealkylation sites (N-methyl/N-ethyl adjacent to an activating group) is 1. The molecule has 1 aromatic carbocycles. The molecule has 0 aliphatic heterocycles. The van der Waals surface area contributed by atoms with Crippen molar-refractivity contribution >= 4 is 38.9 Å². The molecule has 1 atom stereocenters. The van der Waals surface area contributed by atoms with E-state index in [0.29, 0.717) is 17.0 Å². The number of hydrogen-bond acceptors (Lipinski definition) is 2. The van der Waals surface area contributed by atoms with E-state index >= 15 is 0 Å². The van der Waals surface area contributed by atoms with Gasteiger partial charge in [-0.2, -0.15) is 0 Å². The third kappa shape index (κ3) is 4.02. The van der Waals surface area contributed by atoms with Crippen molar-refractivity contribution in [2.45, 2.75) is 19.4 Å². The fraction of sp³-hybridized carbons (Fsp3) is 0.286.